The van der Waals surface area contributed by atoms with Crippen LogP contribution in [0.1, 0.15) is 36.7 Å². The molecular formula is C13H20N2O. The molecule has 3 heteroatoms. The maximum atomic E-state index is 12.0. The van der Waals surface area contributed by atoms with Crippen LogP contribution in [0.2, 0.25) is 0 Å². The second kappa shape index (κ2) is 5.54. The first-order valence-electron chi connectivity index (χ1n) is 5.70. The molecule has 1 rings (SSSR count). The second-order valence-corrected chi connectivity index (χ2v) is 4.21. The summed E-state index contributed by atoms with van der Waals surface area (Å²) in [6.45, 7) is 8.73. The SMILES string of the molecule is CCNc1ccc(C)cc1C(=O)NC(C)C. The Balaban J connectivity index is 2.99. The van der Waals surface area contributed by atoms with Gasteiger partial charge in [-0.15, -0.1) is 0 Å². The lowest BCUT2D eigenvalue weighted by molar-refractivity contribution is 0.0944. The number of carbonyl (C=O) groups excluding carboxylic acids is 1. The average Bonchev–Trinajstić information content (AvgIpc) is 2.20. The van der Waals surface area contributed by atoms with Gasteiger partial charge in [0.25, 0.3) is 5.91 Å². The van der Waals surface area contributed by atoms with Crippen LogP contribution in [0.3, 0.4) is 0 Å². The fourth-order valence-corrected chi connectivity index (χ4v) is 1.53. The van der Waals surface area contributed by atoms with Gasteiger partial charge in [-0.1, -0.05) is 11.6 Å². The number of nitrogens with one attached hydrogen (secondary N) is 2. The van der Waals surface area contributed by atoms with Gasteiger partial charge in [0.15, 0.2) is 0 Å². The number of benzene rings is 1. The number of carbonyl (C=O) groups is 1. The predicted octanol–water partition coefficient (Wildman–Crippen LogP) is 2.57. The first kappa shape index (κ1) is 12.6. The second-order valence-electron chi connectivity index (χ2n) is 4.21. The topological polar surface area (TPSA) is 41.1 Å². The van der Waals surface area contributed by atoms with Crippen molar-refractivity contribution in [2.45, 2.75) is 33.7 Å². The summed E-state index contributed by atoms with van der Waals surface area (Å²) in [6, 6.07) is 6.02. The molecule has 0 radical (unpaired) electrons. The first-order valence-corrected chi connectivity index (χ1v) is 5.70. The zero-order valence-corrected chi connectivity index (χ0v) is 10.4. The monoisotopic (exact) mass is 220 g/mol. The molecule has 0 saturated heterocycles. The highest BCUT2D eigenvalue weighted by atomic mass is 16.1. The van der Waals surface area contributed by atoms with Gasteiger partial charge in [0.05, 0.1) is 5.56 Å². The lowest BCUT2D eigenvalue weighted by atomic mass is 10.1. The molecule has 16 heavy (non-hydrogen) atoms. The van der Waals surface area contributed by atoms with Gasteiger partial charge in [0, 0.05) is 18.3 Å². The van der Waals surface area contributed by atoms with E-state index >= 15 is 0 Å². The highest BCUT2D eigenvalue weighted by Crippen LogP contribution is 2.17. The highest BCUT2D eigenvalue weighted by molar-refractivity contribution is 5.99. The maximum absolute atomic E-state index is 12.0. The van der Waals surface area contributed by atoms with E-state index in [1.54, 1.807) is 0 Å². The van der Waals surface area contributed by atoms with E-state index in [1.165, 1.54) is 0 Å². The third-order valence-electron chi connectivity index (χ3n) is 2.21. The Kier molecular flexibility index (Phi) is 4.35. The molecule has 0 aliphatic rings. The minimum absolute atomic E-state index is 0.0188. The van der Waals surface area contributed by atoms with Gasteiger partial charge in [-0.3, -0.25) is 4.79 Å². The average molecular weight is 220 g/mol. The lowest BCUT2D eigenvalue weighted by Gasteiger charge is -2.13. The van der Waals surface area contributed by atoms with Crippen LogP contribution in [0.25, 0.3) is 0 Å². The summed E-state index contributed by atoms with van der Waals surface area (Å²) in [5.41, 5.74) is 2.71. The Morgan fingerprint density at radius 1 is 1.38 bits per heavy atom. The largest absolute Gasteiger partial charge is 0.385 e. The molecule has 0 saturated carbocycles. The number of amides is 1. The summed E-state index contributed by atoms with van der Waals surface area (Å²) < 4.78 is 0. The van der Waals surface area contributed by atoms with Crippen molar-refractivity contribution in [3.05, 3.63) is 29.3 Å². The highest BCUT2D eigenvalue weighted by Gasteiger charge is 2.11. The number of anilines is 1. The summed E-state index contributed by atoms with van der Waals surface area (Å²) in [7, 11) is 0. The van der Waals surface area contributed by atoms with Crippen molar-refractivity contribution in [3.8, 4) is 0 Å². The smallest absolute Gasteiger partial charge is 0.253 e. The van der Waals surface area contributed by atoms with Gasteiger partial charge in [-0.05, 0) is 39.8 Å². The predicted molar refractivity (Wildman–Crippen MR) is 67.9 cm³/mol. The Bertz CT molecular complexity index is 372. The molecule has 1 aromatic carbocycles. The minimum Gasteiger partial charge on any atom is -0.385 e. The molecule has 0 atom stereocenters. The molecule has 0 heterocycles. The van der Waals surface area contributed by atoms with E-state index in [2.05, 4.69) is 10.6 Å². The van der Waals surface area contributed by atoms with Gasteiger partial charge < -0.3 is 10.6 Å². The van der Waals surface area contributed by atoms with E-state index in [-0.39, 0.29) is 11.9 Å². The molecule has 1 aromatic rings. The third-order valence-corrected chi connectivity index (χ3v) is 2.21. The van der Waals surface area contributed by atoms with E-state index in [0.29, 0.717) is 0 Å². The van der Waals surface area contributed by atoms with Crippen LogP contribution >= 0.6 is 0 Å². The van der Waals surface area contributed by atoms with E-state index < -0.39 is 0 Å². The molecule has 3 nitrogen and oxygen atoms in total. The fraction of sp³-hybridized carbons (Fsp3) is 0.462. The fourth-order valence-electron chi connectivity index (χ4n) is 1.53. The van der Waals surface area contributed by atoms with Crippen molar-refractivity contribution in [1.29, 1.82) is 0 Å². The molecule has 0 bridgehead atoms. The molecule has 0 unspecified atom stereocenters. The van der Waals surface area contributed by atoms with E-state index in [9.17, 15) is 4.79 Å². The van der Waals surface area contributed by atoms with Gasteiger partial charge in [0.1, 0.15) is 0 Å². The number of hydrogen-bond donors (Lipinski definition) is 2. The first-order chi connectivity index (χ1) is 7.54. The van der Waals surface area contributed by atoms with Crippen molar-refractivity contribution in [3.63, 3.8) is 0 Å². The van der Waals surface area contributed by atoms with E-state index in [0.717, 1.165) is 23.4 Å². The van der Waals surface area contributed by atoms with Crippen LogP contribution in [-0.4, -0.2) is 18.5 Å². The quantitative estimate of drug-likeness (QED) is 0.818. The van der Waals surface area contributed by atoms with Crippen molar-refractivity contribution in [2.24, 2.45) is 0 Å². The van der Waals surface area contributed by atoms with E-state index in [1.807, 2.05) is 45.9 Å². The van der Waals surface area contributed by atoms with Crippen molar-refractivity contribution < 1.29 is 4.79 Å². The summed E-state index contributed by atoms with van der Waals surface area (Å²) in [5.74, 6) is -0.0188. The number of rotatable bonds is 4. The standard InChI is InChI=1S/C13H20N2O/c1-5-14-12-7-6-10(4)8-11(12)13(16)15-9(2)3/h6-9,14H,5H2,1-4H3,(H,15,16). The number of hydrogen-bond acceptors (Lipinski definition) is 2. The summed E-state index contributed by atoms with van der Waals surface area (Å²) in [6.07, 6.45) is 0. The maximum Gasteiger partial charge on any atom is 0.253 e. The molecule has 88 valence electrons. The molecule has 0 aliphatic carbocycles. The molecule has 0 fully saturated rings. The summed E-state index contributed by atoms with van der Waals surface area (Å²) in [4.78, 5) is 12.0. The molecule has 2 N–H and O–H groups in total. The van der Waals surface area contributed by atoms with Crippen LogP contribution in [0.5, 0.6) is 0 Å². The van der Waals surface area contributed by atoms with Gasteiger partial charge >= 0.3 is 0 Å². The zero-order valence-electron chi connectivity index (χ0n) is 10.4. The Hall–Kier alpha value is -1.51. The van der Waals surface area contributed by atoms with E-state index in [4.69, 9.17) is 0 Å². The minimum atomic E-state index is -0.0188. The molecular weight excluding hydrogens is 200 g/mol. The summed E-state index contributed by atoms with van der Waals surface area (Å²) >= 11 is 0. The van der Waals surface area contributed by atoms with Crippen LogP contribution in [0, 0.1) is 6.92 Å². The van der Waals surface area contributed by atoms with Crippen LogP contribution in [-0.2, 0) is 0 Å². The van der Waals surface area contributed by atoms with Crippen molar-refractivity contribution in [1.82, 2.24) is 5.32 Å². The molecule has 0 aromatic heterocycles. The van der Waals surface area contributed by atoms with Gasteiger partial charge in [0.2, 0.25) is 0 Å². The third kappa shape index (κ3) is 3.26. The number of aryl methyl sites for hydroxylation is 1. The van der Waals surface area contributed by atoms with Crippen molar-refractivity contribution >= 4 is 11.6 Å². The molecule has 0 aliphatic heterocycles. The molecule has 0 spiro atoms. The van der Waals surface area contributed by atoms with Crippen LogP contribution in [0.15, 0.2) is 18.2 Å². The Morgan fingerprint density at radius 2 is 2.06 bits per heavy atom. The Labute approximate surface area is 97.2 Å². The summed E-state index contributed by atoms with van der Waals surface area (Å²) in [5, 5.41) is 6.10. The van der Waals surface area contributed by atoms with Crippen molar-refractivity contribution in [2.75, 3.05) is 11.9 Å². The normalized spacial score (nSPS) is 10.3. The van der Waals surface area contributed by atoms with Crippen LogP contribution in [0.4, 0.5) is 5.69 Å². The Morgan fingerprint density at radius 3 is 2.62 bits per heavy atom. The lowest BCUT2D eigenvalue weighted by Crippen LogP contribution is -2.30. The zero-order chi connectivity index (χ0) is 12.1. The molecule has 1 amide bonds. The van der Waals surface area contributed by atoms with Gasteiger partial charge in [-0.25, -0.2) is 0 Å². The van der Waals surface area contributed by atoms with Crippen LogP contribution < -0.4 is 10.6 Å². The van der Waals surface area contributed by atoms with Gasteiger partial charge in [-0.2, -0.15) is 0 Å².